The summed E-state index contributed by atoms with van der Waals surface area (Å²) >= 11 is 5.98. The van der Waals surface area contributed by atoms with Crippen LogP contribution >= 0.6 is 11.6 Å². The molecule has 0 aromatic carbocycles. The van der Waals surface area contributed by atoms with E-state index in [2.05, 4.69) is 23.8 Å². The van der Waals surface area contributed by atoms with Crippen LogP contribution in [0.1, 0.15) is 25.4 Å². The summed E-state index contributed by atoms with van der Waals surface area (Å²) in [5.41, 5.74) is 0.997. The molecule has 102 valence electrons. The lowest BCUT2D eigenvalue weighted by molar-refractivity contribution is 0.0716. The molecule has 0 unspecified atom stereocenters. The van der Waals surface area contributed by atoms with Gasteiger partial charge in [0.2, 0.25) is 0 Å². The van der Waals surface area contributed by atoms with E-state index in [1.165, 1.54) is 0 Å². The van der Waals surface area contributed by atoms with Gasteiger partial charge in [-0.3, -0.25) is 0 Å². The summed E-state index contributed by atoms with van der Waals surface area (Å²) in [5, 5.41) is 0.507. The van der Waals surface area contributed by atoms with Crippen molar-refractivity contribution in [1.82, 2.24) is 9.97 Å². The molecule has 1 aromatic heterocycles. The number of rotatable bonds is 8. The van der Waals surface area contributed by atoms with Crippen molar-refractivity contribution in [3.63, 3.8) is 0 Å². The van der Waals surface area contributed by atoms with Crippen molar-refractivity contribution in [2.45, 2.75) is 26.7 Å². The van der Waals surface area contributed by atoms with Crippen LogP contribution in [-0.4, -0.2) is 36.9 Å². The fraction of sp³-hybridized carbons (Fsp3) is 0.692. The van der Waals surface area contributed by atoms with E-state index in [9.17, 15) is 0 Å². The Balaban J connectivity index is 2.46. The first-order valence-corrected chi connectivity index (χ1v) is 6.58. The average molecular weight is 273 g/mol. The predicted octanol–water partition coefficient (Wildman–Crippen LogP) is 2.53. The number of hydrogen-bond donors (Lipinski definition) is 0. The van der Waals surface area contributed by atoms with Crippen LogP contribution < -0.4 is 0 Å². The van der Waals surface area contributed by atoms with E-state index in [1.54, 1.807) is 7.11 Å². The van der Waals surface area contributed by atoms with Gasteiger partial charge in [0, 0.05) is 19.2 Å². The lowest BCUT2D eigenvalue weighted by Crippen LogP contribution is -2.09. The van der Waals surface area contributed by atoms with E-state index in [-0.39, 0.29) is 0 Å². The van der Waals surface area contributed by atoms with Gasteiger partial charge in [-0.1, -0.05) is 25.4 Å². The van der Waals surface area contributed by atoms with Crippen LogP contribution in [0.3, 0.4) is 0 Å². The number of hydrogen-bond acceptors (Lipinski definition) is 4. The summed E-state index contributed by atoms with van der Waals surface area (Å²) < 4.78 is 10.3. The van der Waals surface area contributed by atoms with E-state index in [1.807, 2.05) is 6.07 Å². The minimum absolute atomic E-state index is 0.507. The molecular weight excluding hydrogens is 252 g/mol. The van der Waals surface area contributed by atoms with Crippen molar-refractivity contribution < 1.29 is 9.47 Å². The maximum atomic E-state index is 5.98. The van der Waals surface area contributed by atoms with Gasteiger partial charge in [-0.2, -0.15) is 0 Å². The quantitative estimate of drug-likeness (QED) is 0.539. The Labute approximate surface area is 114 Å². The van der Waals surface area contributed by atoms with Crippen molar-refractivity contribution in [3.05, 3.63) is 22.7 Å². The second-order valence-corrected chi connectivity index (χ2v) is 4.94. The SMILES string of the molecule is COCCOCCc1nc(Cl)cc(CC(C)C)n1. The van der Waals surface area contributed by atoms with Crippen molar-refractivity contribution in [2.75, 3.05) is 26.9 Å². The highest BCUT2D eigenvalue weighted by atomic mass is 35.5. The molecule has 1 aromatic rings. The molecule has 4 nitrogen and oxygen atoms in total. The average Bonchev–Trinajstić information content (AvgIpc) is 2.27. The summed E-state index contributed by atoms with van der Waals surface area (Å²) in [6.07, 6.45) is 1.59. The van der Waals surface area contributed by atoms with Crippen LogP contribution in [0.4, 0.5) is 0 Å². The van der Waals surface area contributed by atoms with Crippen molar-refractivity contribution in [3.8, 4) is 0 Å². The molecule has 0 atom stereocenters. The Morgan fingerprint density at radius 1 is 1.22 bits per heavy atom. The van der Waals surface area contributed by atoms with Crippen molar-refractivity contribution in [2.24, 2.45) is 5.92 Å². The molecule has 5 heteroatoms. The first kappa shape index (κ1) is 15.3. The van der Waals surface area contributed by atoms with Gasteiger partial charge in [0.1, 0.15) is 11.0 Å². The van der Waals surface area contributed by atoms with E-state index in [0.717, 1.165) is 17.9 Å². The van der Waals surface area contributed by atoms with Crippen LogP contribution in [0.5, 0.6) is 0 Å². The van der Waals surface area contributed by atoms with Crippen LogP contribution in [0.15, 0.2) is 6.07 Å². The van der Waals surface area contributed by atoms with Gasteiger partial charge in [-0.15, -0.1) is 0 Å². The molecule has 1 rings (SSSR count). The molecule has 0 aliphatic heterocycles. The van der Waals surface area contributed by atoms with Gasteiger partial charge >= 0.3 is 0 Å². The third-order valence-corrected chi connectivity index (χ3v) is 2.51. The van der Waals surface area contributed by atoms with E-state index < -0.39 is 0 Å². The van der Waals surface area contributed by atoms with Crippen molar-refractivity contribution >= 4 is 11.6 Å². The second kappa shape index (κ2) is 8.40. The summed E-state index contributed by atoms with van der Waals surface area (Å²) in [6.45, 7) is 6.10. The topological polar surface area (TPSA) is 44.2 Å². The van der Waals surface area contributed by atoms with Gasteiger partial charge in [-0.05, 0) is 18.4 Å². The maximum absolute atomic E-state index is 5.98. The summed E-state index contributed by atoms with van der Waals surface area (Å²) in [4.78, 5) is 8.69. The fourth-order valence-corrected chi connectivity index (χ4v) is 1.78. The van der Waals surface area contributed by atoms with Crippen LogP contribution in [0.25, 0.3) is 0 Å². The molecule has 0 N–H and O–H groups in total. The fourth-order valence-electron chi connectivity index (χ4n) is 1.56. The number of nitrogens with zero attached hydrogens (tertiary/aromatic N) is 2. The van der Waals surface area contributed by atoms with Crippen LogP contribution in [-0.2, 0) is 22.3 Å². The molecule has 0 aliphatic rings. The molecule has 0 fully saturated rings. The number of halogens is 1. The summed E-state index contributed by atoms with van der Waals surface area (Å²) in [6, 6.07) is 1.83. The predicted molar refractivity (Wildman–Crippen MR) is 72.0 cm³/mol. The standard InChI is InChI=1S/C13H21ClN2O2/c1-10(2)8-11-9-12(14)16-13(15-11)4-5-18-7-6-17-3/h9-10H,4-8H2,1-3H3. The molecule has 0 aliphatic carbocycles. The third-order valence-electron chi connectivity index (χ3n) is 2.31. The van der Waals surface area contributed by atoms with E-state index in [4.69, 9.17) is 21.1 Å². The third kappa shape index (κ3) is 6.28. The number of ether oxygens (including phenoxy) is 2. The zero-order chi connectivity index (χ0) is 13.4. The zero-order valence-electron chi connectivity index (χ0n) is 11.3. The van der Waals surface area contributed by atoms with Gasteiger partial charge < -0.3 is 9.47 Å². The molecular formula is C13H21ClN2O2. The zero-order valence-corrected chi connectivity index (χ0v) is 12.0. The molecule has 0 bridgehead atoms. The maximum Gasteiger partial charge on any atom is 0.133 e. The Morgan fingerprint density at radius 2 is 2.00 bits per heavy atom. The summed E-state index contributed by atoms with van der Waals surface area (Å²) in [7, 11) is 1.65. The van der Waals surface area contributed by atoms with Gasteiger partial charge in [0.15, 0.2) is 0 Å². The Bertz CT molecular complexity index is 359. The molecule has 1 heterocycles. The molecule has 0 saturated carbocycles. The second-order valence-electron chi connectivity index (χ2n) is 4.55. The van der Waals surface area contributed by atoms with Gasteiger partial charge in [-0.25, -0.2) is 9.97 Å². The molecule has 0 saturated heterocycles. The highest BCUT2D eigenvalue weighted by molar-refractivity contribution is 6.29. The monoisotopic (exact) mass is 272 g/mol. The summed E-state index contributed by atoms with van der Waals surface area (Å²) in [5.74, 6) is 1.30. The largest absolute Gasteiger partial charge is 0.382 e. The molecule has 0 radical (unpaired) electrons. The minimum atomic E-state index is 0.507. The number of methoxy groups -OCH3 is 1. The van der Waals surface area contributed by atoms with Crippen molar-refractivity contribution in [1.29, 1.82) is 0 Å². The minimum Gasteiger partial charge on any atom is -0.382 e. The van der Waals surface area contributed by atoms with E-state index >= 15 is 0 Å². The van der Waals surface area contributed by atoms with E-state index in [0.29, 0.717) is 37.3 Å². The van der Waals surface area contributed by atoms with Crippen LogP contribution in [0, 0.1) is 5.92 Å². The molecule has 0 spiro atoms. The van der Waals surface area contributed by atoms with Gasteiger partial charge in [0.05, 0.1) is 19.8 Å². The van der Waals surface area contributed by atoms with Crippen LogP contribution in [0.2, 0.25) is 5.15 Å². The molecule has 18 heavy (non-hydrogen) atoms. The Kier molecular flexibility index (Phi) is 7.16. The highest BCUT2D eigenvalue weighted by Crippen LogP contribution is 2.11. The lowest BCUT2D eigenvalue weighted by atomic mass is 10.1. The first-order chi connectivity index (χ1) is 8.61. The normalized spacial score (nSPS) is 11.2. The first-order valence-electron chi connectivity index (χ1n) is 6.21. The number of aromatic nitrogens is 2. The van der Waals surface area contributed by atoms with Gasteiger partial charge in [0.25, 0.3) is 0 Å². The molecule has 0 amide bonds. The smallest absolute Gasteiger partial charge is 0.133 e. The Hall–Kier alpha value is -0.710. The highest BCUT2D eigenvalue weighted by Gasteiger charge is 2.05. The lowest BCUT2D eigenvalue weighted by Gasteiger charge is -2.07. The Morgan fingerprint density at radius 3 is 2.67 bits per heavy atom.